The van der Waals surface area contributed by atoms with Gasteiger partial charge in [-0.2, -0.15) is 0 Å². The molecule has 0 saturated carbocycles. The van der Waals surface area contributed by atoms with Gasteiger partial charge >= 0.3 is 0 Å². The molecular weight excluding hydrogens is 416 g/mol. The van der Waals surface area contributed by atoms with Crippen LogP contribution >= 0.6 is 11.8 Å². The van der Waals surface area contributed by atoms with Gasteiger partial charge in [0.25, 0.3) is 17.1 Å². The van der Waals surface area contributed by atoms with Crippen LogP contribution in [0.15, 0.2) is 47.4 Å². The highest BCUT2D eigenvalue weighted by molar-refractivity contribution is 8.18. The Bertz CT molecular complexity index is 1080. The summed E-state index contributed by atoms with van der Waals surface area (Å²) in [5.41, 5.74) is 3.13. The smallest absolute Gasteiger partial charge is 0.290 e. The van der Waals surface area contributed by atoms with Crippen molar-refractivity contribution in [1.82, 2.24) is 10.2 Å². The molecule has 1 fully saturated rings. The standard InChI is InChI=1S/C23H22N2O5S/c1-14(22(27)25-10-9-16-5-3-4-6-17(16)13-25)30-18-8-7-15(11-19(18)29-2)12-20-21(26)24-23(28)31-20/h3-8,11-12,14H,9-10,13H2,1-2H3,(H,24,26,28). The van der Waals surface area contributed by atoms with E-state index in [1.165, 1.54) is 12.7 Å². The number of hydrogen-bond acceptors (Lipinski definition) is 6. The number of rotatable bonds is 5. The van der Waals surface area contributed by atoms with Crippen LogP contribution in [0.5, 0.6) is 11.5 Å². The Morgan fingerprint density at radius 3 is 2.65 bits per heavy atom. The normalized spacial score (nSPS) is 17.9. The van der Waals surface area contributed by atoms with Crippen LogP contribution in [-0.4, -0.2) is 41.7 Å². The fourth-order valence-electron chi connectivity index (χ4n) is 3.63. The minimum Gasteiger partial charge on any atom is -0.493 e. The zero-order valence-corrected chi connectivity index (χ0v) is 18.0. The number of methoxy groups -OCH3 is 1. The van der Waals surface area contributed by atoms with Gasteiger partial charge < -0.3 is 14.4 Å². The number of imide groups is 1. The van der Waals surface area contributed by atoms with E-state index in [0.717, 1.165) is 23.7 Å². The van der Waals surface area contributed by atoms with Crippen molar-refractivity contribution in [1.29, 1.82) is 0 Å². The molecule has 2 heterocycles. The number of carbonyl (C=O) groups excluding carboxylic acids is 3. The van der Waals surface area contributed by atoms with Crippen LogP contribution < -0.4 is 14.8 Å². The third-order valence-electron chi connectivity index (χ3n) is 5.22. The molecule has 2 aromatic rings. The van der Waals surface area contributed by atoms with Crippen molar-refractivity contribution in [3.8, 4) is 11.5 Å². The van der Waals surface area contributed by atoms with Crippen molar-refractivity contribution in [2.24, 2.45) is 0 Å². The van der Waals surface area contributed by atoms with Crippen LogP contribution in [-0.2, 0) is 22.6 Å². The molecule has 0 bridgehead atoms. The van der Waals surface area contributed by atoms with E-state index in [1.807, 2.05) is 23.1 Å². The van der Waals surface area contributed by atoms with E-state index in [9.17, 15) is 14.4 Å². The second-order valence-corrected chi connectivity index (χ2v) is 8.32. The van der Waals surface area contributed by atoms with Gasteiger partial charge in [0.05, 0.1) is 12.0 Å². The van der Waals surface area contributed by atoms with Crippen molar-refractivity contribution < 1.29 is 23.9 Å². The van der Waals surface area contributed by atoms with Crippen molar-refractivity contribution in [2.45, 2.75) is 26.0 Å². The molecule has 1 unspecified atom stereocenters. The molecule has 7 nitrogen and oxygen atoms in total. The zero-order valence-electron chi connectivity index (χ0n) is 17.2. The molecule has 1 saturated heterocycles. The highest BCUT2D eigenvalue weighted by Gasteiger charge is 2.27. The van der Waals surface area contributed by atoms with E-state index in [-0.39, 0.29) is 5.91 Å². The molecule has 0 radical (unpaired) electrons. The Morgan fingerprint density at radius 2 is 1.94 bits per heavy atom. The molecular formula is C23H22N2O5S. The summed E-state index contributed by atoms with van der Waals surface area (Å²) >= 11 is 0.851. The van der Waals surface area contributed by atoms with E-state index in [4.69, 9.17) is 9.47 Å². The fourth-order valence-corrected chi connectivity index (χ4v) is 4.31. The molecule has 2 aliphatic rings. The van der Waals surface area contributed by atoms with Crippen molar-refractivity contribution in [3.05, 3.63) is 64.1 Å². The van der Waals surface area contributed by atoms with Crippen LogP contribution in [0.25, 0.3) is 6.08 Å². The Hall–Kier alpha value is -3.26. The lowest BCUT2D eigenvalue weighted by Crippen LogP contribution is -2.43. The van der Waals surface area contributed by atoms with Gasteiger partial charge in [-0.15, -0.1) is 0 Å². The summed E-state index contributed by atoms with van der Waals surface area (Å²) in [4.78, 5) is 38.1. The average molecular weight is 439 g/mol. The second kappa shape index (κ2) is 8.85. The van der Waals surface area contributed by atoms with Crippen LogP contribution in [0.2, 0.25) is 0 Å². The Kier molecular flexibility index (Phi) is 5.99. The van der Waals surface area contributed by atoms with Gasteiger partial charge in [-0.05, 0) is 60.0 Å². The van der Waals surface area contributed by atoms with E-state index < -0.39 is 17.3 Å². The van der Waals surface area contributed by atoms with Gasteiger partial charge in [-0.3, -0.25) is 19.7 Å². The van der Waals surface area contributed by atoms with Crippen LogP contribution in [0.3, 0.4) is 0 Å². The van der Waals surface area contributed by atoms with Gasteiger partial charge in [-0.1, -0.05) is 30.3 Å². The molecule has 2 aliphatic heterocycles. The summed E-state index contributed by atoms with van der Waals surface area (Å²) in [5, 5.41) is 1.83. The summed E-state index contributed by atoms with van der Waals surface area (Å²) < 4.78 is 11.3. The maximum absolute atomic E-state index is 12.9. The number of amides is 3. The zero-order chi connectivity index (χ0) is 22.0. The Labute approximate surface area is 184 Å². The Morgan fingerprint density at radius 1 is 1.16 bits per heavy atom. The van der Waals surface area contributed by atoms with Gasteiger partial charge in [0.2, 0.25) is 0 Å². The van der Waals surface area contributed by atoms with E-state index in [1.54, 1.807) is 31.2 Å². The lowest BCUT2D eigenvalue weighted by atomic mass is 9.99. The number of fused-ring (bicyclic) bond motifs is 1. The first-order chi connectivity index (χ1) is 14.9. The number of carbonyl (C=O) groups is 3. The van der Waals surface area contributed by atoms with Crippen molar-refractivity contribution >= 4 is 34.9 Å². The molecule has 1 atom stereocenters. The predicted molar refractivity (Wildman–Crippen MR) is 118 cm³/mol. The van der Waals surface area contributed by atoms with Gasteiger partial charge in [-0.25, -0.2) is 0 Å². The first-order valence-electron chi connectivity index (χ1n) is 9.89. The summed E-state index contributed by atoms with van der Waals surface area (Å²) in [5.74, 6) is 0.368. The number of benzene rings is 2. The molecule has 160 valence electrons. The monoisotopic (exact) mass is 438 g/mol. The molecule has 2 aromatic carbocycles. The predicted octanol–water partition coefficient (Wildman–Crippen LogP) is 3.37. The average Bonchev–Trinajstić information content (AvgIpc) is 3.10. The largest absolute Gasteiger partial charge is 0.493 e. The molecule has 0 spiro atoms. The first kappa shape index (κ1) is 21.0. The van der Waals surface area contributed by atoms with Crippen LogP contribution in [0, 0.1) is 0 Å². The molecule has 0 aliphatic carbocycles. The number of hydrogen-bond donors (Lipinski definition) is 1. The SMILES string of the molecule is COc1cc(C=C2SC(=O)NC2=O)ccc1OC(C)C(=O)N1CCc2ccccc2C1. The van der Waals surface area contributed by atoms with Crippen molar-refractivity contribution in [3.63, 3.8) is 0 Å². The van der Waals surface area contributed by atoms with Gasteiger partial charge in [0, 0.05) is 13.1 Å². The van der Waals surface area contributed by atoms with Gasteiger partial charge in [0.1, 0.15) is 0 Å². The lowest BCUT2D eigenvalue weighted by Gasteiger charge is -2.31. The van der Waals surface area contributed by atoms with E-state index in [0.29, 0.717) is 35.1 Å². The number of nitrogens with zero attached hydrogens (tertiary/aromatic N) is 1. The maximum Gasteiger partial charge on any atom is 0.290 e. The second-order valence-electron chi connectivity index (χ2n) is 7.30. The maximum atomic E-state index is 12.9. The minimum atomic E-state index is -0.683. The summed E-state index contributed by atoms with van der Waals surface area (Å²) in [6, 6.07) is 13.3. The summed E-state index contributed by atoms with van der Waals surface area (Å²) in [6.07, 6.45) is 1.75. The third-order valence-corrected chi connectivity index (χ3v) is 6.03. The van der Waals surface area contributed by atoms with Gasteiger partial charge in [0.15, 0.2) is 17.6 Å². The van der Waals surface area contributed by atoms with Crippen LogP contribution in [0.1, 0.15) is 23.6 Å². The quantitative estimate of drug-likeness (QED) is 0.721. The molecule has 1 N–H and O–H groups in total. The molecule has 0 aromatic heterocycles. The van der Waals surface area contributed by atoms with Crippen LogP contribution in [0.4, 0.5) is 4.79 Å². The number of thioether (sulfide) groups is 1. The van der Waals surface area contributed by atoms with E-state index in [2.05, 4.69) is 11.4 Å². The summed E-state index contributed by atoms with van der Waals surface area (Å²) in [6.45, 7) is 2.96. The highest BCUT2D eigenvalue weighted by atomic mass is 32.2. The van der Waals surface area contributed by atoms with Crippen molar-refractivity contribution in [2.75, 3.05) is 13.7 Å². The molecule has 3 amide bonds. The first-order valence-corrected chi connectivity index (χ1v) is 10.7. The Balaban J connectivity index is 1.46. The third kappa shape index (κ3) is 4.59. The van der Waals surface area contributed by atoms with E-state index >= 15 is 0 Å². The minimum absolute atomic E-state index is 0.0831. The number of nitrogens with one attached hydrogen (secondary N) is 1. The summed E-state index contributed by atoms with van der Waals surface area (Å²) in [7, 11) is 1.51. The number of ether oxygens (including phenoxy) is 2. The highest BCUT2D eigenvalue weighted by Crippen LogP contribution is 2.32. The fraction of sp³-hybridized carbons (Fsp3) is 0.261. The molecule has 4 rings (SSSR count). The topological polar surface area (TPSA) is 84.9 Å². The molecule has 8 heteroatoms. The molecule has 31 heavy (non-hydrogen) atoms. The lowest BCUT2D eigenvalue weighted by molar-refractivity contribution is -0.139.